The van der Waals surface area contributed by atoms with Gasteiger partial charge >= 0.3 is 0 Å². The normalized spacial score (nSPS) is 21.9. The summed E-state index contributed by atoms with van der Waals surface area (Å²) < 4.78 is 11.1. The number of likely N-dealkylation sites (tertiary alicyclic amines) is 2. The molecule has 1 atom stereocenters. The zero-order chi connectivity index (χ0) is 18.1. The lowest BCUT2D eigenvalue weighted by molar-refractivity contribution is -0.00991. The van der Waals surface area contributed by atoms with Gasteiger partial charge in [0.1, 0.15) is 0 Å². The molecule has 2 aromatic heterocycles. The van der Waals surface area contributed by atoms with Crippen LogP contribution in [0.4, 0.5) is 0 Å². The number of ether oxygens (including phenoxy) is 1. The Hall–Kier alpha value is -2.25. The largest absolute Gasteiger partial charge is 0.438 e. The van der Waals surface area contributed by atoms with Gasteiger partial charge in [-0.25, -0.2) is 4.98 Å². The predicted octanol–water partition coefficient (Wildman–Crippen LogP) is 1.74. The third-order valence-corrected chi connectivity index (χ3v) is 5.58. The molecule has 4 rings (SSSR count). The molecule has 4 heterocycles. The molecule has 0 saturated carbocycles. The molecular weight excluding hydrogens is 332 g/mol. The van der Waals surface area contributed by atoms with Crippen LogP contribution in [-0.4, -0.2) is 64.5 Å². The number of rotatable bonds is 5. The third kappa shape index (κ3) is 3.12. The molecule has 26 heavy (non-hydrogen) atoms. The van der Waals surface area contributed by atoms with Crippen LogP contribution in [-0.2, 0) is 11.3 Å². The zero-order valence-corrected chi connectivity index (χ0v) is 15.2. The van der Waals surface area contributed by atoms with E-state index in [2.05, 4.69) is 21.9 Å². The van der Waals surface area contributed by atoms with E-state index in [1.807, 2.05) is 17.0 Å². The van der Waals surface area contributed by atoms with Gasteiger partial charge in [0, 0.05) is 32.0 Å². The van der Waals surface area contributed by atoms with Crippen molar-refractivity contribution in [3.63, 3.8) is 0 Å². The average molecular weight is 356 g/mol. The highest BCUT2D eigenvalue weighted by Crippen LogP contribution is 2.40. The quantitative estimate of drug-likeness (QED) is 0.813. The lowest BCUT2D eigenvalue weighted by Crippen LogP contribution is -2.68. The van der Waals surface area contributed by atoms with Gasteiger partial charge in [-0.15, -0.1) is 0 Å². The van der Waals surface area contributed by atoms with E-state index in [-0.39, 0.29) is 11.4 Å². The number of aryl methyl sites for hydroxylation is 1. The number of carbonyl (C=O) groups excluding carboxylic acids is 1. The van der Waals surface area contributed by atoms with Crippen LogP contribution in [0.5, 0.6) is 0 Å². The van der Waals surface area contributed by atoms with Crippen molar-refractivity contribution in [1.29, 1.82) is 0 Å². The number of likely N-dealkylation sites (N-methyl/N-ethyl adjacent to an activating group) is 1. The van der Waals surface area contributed by atoms with Crippen molar-refractivity contribution in [3.8, 4) is 0 Å². The fourth-order valence-corrected chi connectivity index (χ4v) is 4.10. The summed E-state index contributed by atoms with van der Waals surface area (Å²) in [5.41, 5.74) is 1.87. The highest BCUT2D eigenvalue weighted by atomic mass is 16.5. The summed E-state index contributed by atoms with van der Waals surface area (Å²) in [5, 5.41) is 0. The van der Waals surface area contributed by atoms with E-state index < -0.39 is 0 Å². The summed E-state index contributed by atoms with van der Waals surface area (Å²) >= 11 is 0. The lowest BCUT2D eigenvalue weighted by atomic mass is 9.84. The van der Waals surface area contributed by atoms with Crippen LogP contribution in [0, 0.1) is 12.8 Å². The minimum absolute atomic E-state index is 0.0589. The first-order chi connectivity index (χ1) is 12.6. The van der Waals surface area contributed by atoms with Crippen LogP contribution in [0.3, 0.4) is 0 Å². The first-order valence-electron chi connectivity index (χ1n) is 8.95. The number of hydrogen-bond acceptors (Lipinski definition) is 6. The second-order valence-corrected chi connectivity index (χ2v) is 7.47. The van der Waals surface area contributed by atoms with Crippen molar-refractivity contribution >= 4 is 5.91 Å². The van der Waals surface area contributed by atoms with Crippen LogP contribution < -0.4 is 0 Å². The van der Waals surface area contributed by atoms with Crippen LogP contribution in [0.15, 0.2) is 35.3 Å². The number of aromatic nitrogens is 2. The fourth-order valence-electron chi connectivity index (χ4n) is 4.10. The summed E-state index contributed by atoms with van der Waals surface area (Å²) in [6.45, 7) is 5.63. The lowest BCUT2D eigenvalue weighted by Gasteiger charge is -2.51. The topological polar surface area (TPSA) is 71.7 Å². The van der Waals surface area contributed by atoms with Crippen LogP contribution in [0.25, 0.3) is 0 Å². The Morgan fingerprint density at radius 3 is 2.85 bits per heavy atom. The van der Waals surface area contributed by atoms with Crippen molar-refractivity contribution in [2.45, 2.75) is 25.5 Å². The minimum Gasteiger partial charge on any atom is -0.438 e. The van der Waals surface area contributed by atoms with Gasteiger partial charge in [0.15, 0.2) is 6.39 Å². The van der Waals surface area contributed by atoms with Gasteiger partial charge in [0.2, 0.25) is 5.76 Å². The molecule has 138 valence electrons. The Kier molecular flexibility index (Phi) is 4.50. The maximum absolute atomic E-state index is 12.5. The van der Waals surface area contributed by atoms with Gasteiger partial charge in [0.05, 0.1) is 24.4 Å². The van der Waals surface area contributed by atoms with E-state index in [1.54, 1.807) is 19.3 Å². The Balaban J connectivity index is 1.28. The molecule has 2 aliphatic heterocycles. The van der Waals surface area contributed by atoms with Crippen molar-refractivity contribution in [2.75, 3.05) is 33.3 Å². The number of amides is 1. The second-order valence-electron chi connectivity index (χ2n) is 7.47. The maximum atomic E-state index is 12.5. The van der Waals surface area contributed by atoms with Crippen LogP contribution in [0.2, 0.25) is 0 Å². The smallest absolute Gasteiger partial charge is 0.291 e. The third-order valence-electron chi connectivity index (χ3n) is 5.58. The standard InChI is InChI=1S/C19H24N4O3/c1-14-17(26-13-21-14)18(24)23-11-19(12-23)7-16(8-22(19)2)10-25-9-15-3-5-20-6-4-15/h3-6,13,16H,7-12H2,1-2H3. The summed E-state index contributed by atoms with van der Waals surface area (Å²) in [6.07, 6.45) is 5.95. The van der Waals surface area contributed by atoms with Gasteiger partial charge in [-0.3, -0.25) is 14.7 Å². The average Bonchev–Trinajstić information content (AvgIpc) is 3.17. The highest BCUT2D eigenvalue weighted by molar-refractivity contribution is 5.93. The van der Waals surface area contributed by atoms with E-state index in [0.29, 0.717) is 24.0 Å². The SMILES string of the molecule is Cc1ncoc1C(=O)N1CC2(CC(COCc3ccncc3)CN2C)C1. The summed E-state index contributed by atoms with van der Waals surface area (Å²) in [4.78, 5) is 24.8. The summed E-state index contributed by atoms with van der Waals surface area (Å²) in [5.74, 6) is 0.792. The van der Waals surface area contributed by atoms with Crippen molar-refractivity contribution in [3.05, 3.63) is 47.9 Å². The molecule has 2 aliphatic rings. The monoisotopic (exact) mass is 356 g/mol. The van der Waals surface area contributed by atoms with Crippen LogP contribution >= 0.6 is 0 Å². The van der Waals surface area contributed by atoms with E-state index in [0.717, 1.165) is 38.2 Å². The molecule has 0 aliphatic carbocycles. The Morgan fingerprint density at radius 1 is 1.38 bits per heavy atom. The van der Waals surface area contributed by atoms with E-state index >= 15 is 0 Å². The van der Waals surface area contributed by atoms with Gasteiger partial charge < -0.3 is 14.1 Å². The molecule has 1 spiro atoms. The molecular formula is C19H24N4O3. The van der Waals surface area contributed by atoms with Crippen molar-refractivity contribution in [2.24, 2.45) is 5.92 Å². The number of pyridine rings is 1. The first kappa shape index (κ1) is 17.2. The molecule has 0 bridgehead atoms. The van der Waals surface area contributed by atoms with E-state index in [4.69, 9.17) is 9.15 Å². The molecule has 0 N–H and O–H groups in total. The van der Waals surface area contributed by atoms with Crippen molar-refractivity contribution in [1.82, 2.24) is 19.8 Å². The molecule has 2 fully saturated rings. The van der Waals surface area contributed by atoms with Gasteiger partial charge in [-0.2, -0.15) is 0 Å². The predicted molar refractivity (Wildman–Crippen MR) is 94.5 cm³/mol. The van der Waals surface area contributed by atoms with Gasteiger partial charge in [-0.05, 0) is 44.0 Å². The van der Waals surface area contributed by atoms with E-state index in [1.165, 1.54) is 6.39 Å². The minimum atomic E-state index is -0.0589. The molecule has 2 aromatic rings. The molecule has 1 amide bonds. The second kappa shape index (κ2) is 6.81. The van der Waals surface area contributed by atoms with Gasteiger partial charge in [-0.1, -0.05) is 0 Å². The number of hydrogen-bond donors (Lipinski definition) is 0. The van der Waals surface area contributed by atoms with E-state index in [9.17, 15) is 4.79 Å². The molecule has 7 nitrogen and oxygen atoms in total. The number of oxazole rings is 1. The van der Waals surface area contributed by atoms with Crippen LogP contribution in [0.1, 0.15) is 28.2 Å². The zero-order valence-electron chi connectivity index (χ0n) is 15.2. The number of nitrogens with zero attached hydrogens (tertiary/aromatic N) is 4. The molecule has 7 heteroatoms. The molecule has 0 radical (unpaired) electrons. The summed E-state index contributed by atoms with van der Waals surface area (Å²) in [7, 11) is 2.14. The fraction of sp³-hybridized carbons (Fsp3) is 0.526. The summed E-state index contributed by atoms with van der Waals surface area (Å²) in [6, 6.07) is 3.95. The Morgan fingerprint density at radius 2 is 2.15 bits per heavy atom. The first-order valence-corrected chi connectivity index (χ1v) is 8.95. The highest BCUT2D eigenvalue weighted by Gasteiger charge is 2.53. The maximum Gasteiger partial charge on any atom is 0.291 e. The van der Waals surface area contributed by atoms with Gasteiger partial charge in [0.25, 0.3) is 5.91 Å². The number of carbonyl (C=O) groups is 1. The molecule has 1 unspecified atom stereocenters. The molecule has 0 aromatic carbocycles. The van der Waals surface area contributed by atoms with Crippen molar-refractivity contribution < 1.29 is 13.9 Å². The molecule has 2 saturated heterocycles. The Bertz CT molecular complexity index is 770. The Labute approximate surface area is 153 Å².